The number of carbonyl (C=O) groups is 4. The number of nitrogens with two attached hydrogens (primary N) is 1. The smallest absolute Gasteiger partial charge is 0.323 e. The summed E-state index contributed by atoms with van der Waals surface area (Å²) in [4.78, 5) is 53.3. The average Bonchev–Trinajstić information content (AvgIpc) is 3.44. The minimum atomic E-state index is -1.23. The number of likely N-dealkylation sites (tertiary alicyclic amines) is 1. The molecule has 4 atom stereocenters. The monoisotopic (exact) mass is 616 g/mol. The molecule has 45 heavy (non-hydrogen) atoms. The van der Waals surface area contributed by atoms with Crippen LogP contribution < -0.4 is 16.4 Å². The fourth-order valence-electron chi connectivity index (χ4n) is 5.67. The zero-order valence-electron chi connectivity index (χ0n) is 26.2. The van der Waals surface area contributed by atoms with Crippen LogP contribution in [0, 0.1) is 0 Å². The van der Waals surface area contributed by atoms with Crippen molar-refractivity contribution >= 4 is 34.5 Å². The molecule has 3 aromatic carbocycles. The molecule has 1 aliphatic heterocycles. The molecule has 3 amide bonds. The van der Waals surface area contributed by atoms with Crippen LogP contribution in [0.4, 0.5) is 0 Å². The predicted molar refractivity (Wildman–Crippen MR) is 172 cm³/mol. The van der Waals surface area contributed by atoms with Crippen molar-refractivity contribution in [2.75, 3.05) is 13.1 Å². The number of esters is 1. The van der Waals surface area contributed by atoms with Crippen molar-refractivity contribution < 1.29 is 29.0 Å². The van der Waals surface area contributed by atoms with E-state index in [1.165, 1.54) is 0 Å². The number of aliphatic hydroxyl groups is 1. The van der Waals surface area contributed by atoms with Gasteiger partial charge in [0.2, 0.25) is 17.7 Å². The van der Waals surface area contributed by atoms with Crippen molar-refractivity contribution in [1.29, 1.82) is 0 Å². The van der Waals surface area contributed by atoms with Crippen LogP contribution in [0.5, 0.6) is 0 Å². The first-order valence-corrected chi connectivity index (χ1v) is 15.4. The number of aliphatic hydroxyl groups excluding tert-OH is 1. The second kappa shape index (κ2) is 15.1. The summed E-state index contributed by atoms with van der Waals surface area (Å²) in [5, 5.41) is 19.0. The molecule has 1 saturated heterocycles. The van der Waals surface area contributed by atoms with Crippen LogP contribution in [0.25, 0.3) is 10.8 Å². The molecule has 10 nitrogen and oxygen atoms in total. The van der Waals surface area contributed by atoms with Crippen molar-refractivity contribution in [3.05, 3.63) is 83.9 Å². The molecule has 1 fully saturated rings. The third-order valence-corrected chi connectivity index (χ3v) is 7.79. The third-order valence-electron chi connectivity index (χ3n) is 7.79. The lowest BCUT2D eigenvalue weighted by atomic mass is 9.99. The molecule has 0 spiro atoms. The fourth-order valence-corrected chi connectivity index (χ4v) is 5.67. The van der Waals surface area contributed by atoms with E-state index in [0.29, 0.717) is 13.0 Å². The highest BCUT2D eigenvalue weighted by molar-refractivity contribution is 5.92. The largest absolute Gasteiger partial charge is 0.459 e. The first kappa shape index (κ1) is 33.6. The van der Waals surface area contributed by atoms with Gasteiger partial charge in [0.15, 0.2) is 0 Å². The average molecular weight is 617 g/mol. The second-order valence-electron chi connectivity index (χ2n) is 12.7. The molecular formula is C35H44N4O6. The van der Waals surface area contributed by atoms with Gasteiger partial charge in [-0.15, -0.1) is 0 Å². The topological polar surface area (TPSA) is 151 Å². The molecule has 1 aliphatic rings. The Hall–Kier alpha value is -4.28. The number of primary amides is 1. The SMILES string of the molecule is CC(C)(C)OC(=O)[C@@H]1CCCN1C[C@@H](O)[C@H](Cc1ccccc1)NC(=O)[C@H](CC(N)=O)NC(=O)Cc1ccc2ccccc2c1. The molecule has 10 heteroatoms. The fraction of sp³-hybridized carbons (Fsp3) is 0.429. The Labute approximate surface area is 264 Å². The van der Waals surface area contributed by atoms with Gasteiger partial charge in [-0.3, -0.25) is 24.1 Å². The lowest BCUT2D eigenvalue weighted by molar-refractivity contribution is -0.160. The van der Waals surface area contributed by atoms with E-state index in [1.807, 2.05) is 98.5 Å². The quantitative estimate of drug-likeness (QED) is 0.216. The van der Waals surface area contributed by atoms with Gasteiger partial charge < -0.3 is 26.2 Å². The van der Waals surface area contributed by atoms with Crippen LogP contribution in [0.3, 0.4) is 0 Å². The molecule has 0 radical (unpaired) electrons. The number of hydrogen-bond acceptors (Lipinski definition) is 7. The van der Waals surface area contributed by atoms with Gasteiger partial charge in [-0.25, -0.2) is 0 Å². The van der Waals surface area contributed by atoms with Gasteiger partial charge in [0.1, 0.15) is 17.7 Å². The Morgan fingerprint density at radius 1 is 0.956 bits per heavy atom. The summed E-state index contributed by atoms with van der Waals surface area (Å²) in [6.07, 6.45) is 0.199. The van der Waals surface area contributed by atoms with Crippen LogP contribution in [0.15, 0.2) is 72.8 Å². The van der Waals surface area contributed by atoms with E-state index in [9.17, 15) is 24.3 Å². The van der Waals surface area contributed by atoms with Gasteiger partial charge in [-0.2, -0.15) is 0 Å². The molecule has 240 valence electrons. The number of benzene rings is 3. The molecule has 1 heterocycles. The Morgan fingerprint density at radius 3 is 2.33 bits per heavy atom. The highest BCUT2D eigenvalue weighted by Crippen LogP contribution is 2.22. The molecule has 0 aromatic heterocycles. The number of rotatable bonds is 13. The number of nitrogens with zero attached hydrogens (tertiary/aromatic N) is 1. The standard InChI is InChI=1S/C35H44N4O6/c1-35(2,3)45-34(44)29-14-9-17-39(29)22-30(40)27(19-23-10-5-4-6-11-23)38-33(43)28(21-31(36)41)37-32(42)20-24-15-16-25-12-7-8-13-26(25)18-24/h4-8,10-13,15-16,18,27-30,40H,9,14,17,19-22H2,1-3H3,(H2,36,41)(H,37,42)(H,38,43)/t27-,28-,29-,30+/m0/s1. The Kier molecular flexibility index (Phi) is 11.3. The van der Waals surface area contributed by atoms with Gasteiger partial charge in [0, 0.05) is 6.54 Å². The van der Waals surface area contributed by atoms with Gasteiger partial charge in [-0.1, -0.05) is 72.8 Å². The van der Waals surface area contributed by atoms with Crippen molar-refractivity contribution in [2.24, 2.45) is 5.73 Å². The first-order chi connectivity index (χ1) is 21.4. The minimum absolute atomic E-state index is 0.00442. The van der Waals surface area contributed by atoms with E-state index in [2.05, 4.69) is 10.6 Å². The normalized spacial score (nSPS) is 17.3. The summed E-state index contributed by atoms with van der Waals surface area (Å²) < 4.78 is 5.61. The summed E-state index contributed by atoms with van der Waals surface area (Å²) in [7, 11) is 0. The molecule has 0 saturated carbocycles. The van der Waals surface area contributed by atoms with Crippen LogP contribution in [-0.4, -0.2) is 76.6 Å². The van der Waals surface area contributed by atoms with E-state index in [-0.39, 0.29) is 25.4 Å². The summed E-state index contributed by atoms with van der Waals surface area (Å²) in [6.45, 7) is 6.16. The highest BCUT2D eigenvalue weighted by atomic mass is 16.6. The van der Waals surface area contributed by atoms with Crippen molar-refractivity contribution in [1.82, 2.24) is 15.5 Å². The lowest BCUT2D eigenvalue weighted by Crippen LogP contribution is -2.56. The first-order valence-electron chi connectivity index (χ1n) is 15.4. The molecule has 5 N–H and O–H groups in total. The number of ether oxygens (including phenoxy) is 1. The number of nitrogens with one attached hydrogen (secondary N) is 2. The number of amides is 3. The van der Waals surface area contributed by atoms with Gasteiger partial charge >= 0.3 is 5.97 Å². The minimum Gasteiger partial charge on any atom is -0.459 e. The molecule has 0 bridgehead atoms. The number of hydrogen-bond donors (Lipinski definition) is 4. The predicted octanol–water partition coefficient (Wildman–Crippen LogP) is 2.64. The van der Waals surface area contributed by atoms with E-state index in [4.69, 9.17) is 10.5 Å². The number of β-amino-alcohol motifs (C(OH)–C–C–N with tert-alkyl or cyclic N) is 1. The Morgan fingerprint density at radius 2 is 1.64 bits per heavy atom. The lowest BCUT2D eigenvalue weighted by Gasteiger charge is -2.32. The molecule has 4 rings (SSSR count). The van der Waals surface area contributed by atoms with Crippen molar-refractivity contribution in [3.8, 4) is 0 Å². The number of fused-ring (bicyclic) bond motifs is 1. The van der Waals surface area contributed by atoms with E-state index >= 15 is 0 Å². The number of carbonyl (C=O) groups excluding carboxylic acids is 4. The van der Waals surface area contributed by atoms with E-state index in [0.717, 1.165) is 28.3 Å². The van der Waals surface area contributed by atoms with E-state index in [1.54, 1.807) is 0 Å². The third kappa shape index (κ3) is 10.1. The van der Waals surface area contributed by atoms with Gasteiger partial charge in [-0.05, 0) is 68.5 Å². The van der Waals surface area contributed by atoms with Crippen molar-refractivity contribution in [3.63, 3.8) is 0 Å². The maximum absolute atomic E-state index is 13.6. The van der Waals surface area contributed by atoms with Crippen LogP contribution in [0.2, 0.25) is 0 Å². The molecular weight excluding hydrogens is 572 g/mol. The maximum Gasteiger partial charge on any atom is 0.323 e. The molecule has 0 unspecified atom stereocenters. The van der Waals surface area contributed by atoms with Gasteiger partial charge in [0.05, 0.1) is 25.0 Å². The Bertz CT molecular complexity index is 1490. The Balaban J connectivity index is 1.47. The van der Waals surface area contributed by atoms with Crippen LogP contribution >= 0.6 is 0 Å². The summed E-state index contributed by atoms with van der Waals surface area (Å²) >= 11 is 0. The summed E-state index contributed by atoms with van der Waals surface area (Å²) in [5.74, 6) is -2.17. The van der Waals surface area contributed by atoms with Crippen molar-refractivity contribution in [2.45, 2.75) is 82.7 Å². The maximum atomic E-state index is 13.6. The second-order valence-corrected chi connectivity index (χ2v) is 12.7. The highest BCUT2D eigenvalue weighted by Gasteiger charge is 2.37. The summed E-state index contributed by atoms with van der Waals surface area (Å²) in [6, 6.07) is 20.3. The molecule has 0 aliphatic carbocycles. The molecule has 3 aromatic rings. The van der Waals surface area contributed by atoms with Crippen LogP contribution in [0.1, 0.15) is 51.2 Å². The summed E-state index contributed by atoms with van der Waals surface area (Å²) in [5.41, 5.74) is 6.46. The van der Waals surface area contributed by atoms with Crippen LogP contribution in [-0.2, 0) is 36.8 Å². The van der Waals surface area contributed by atoms with Gasteiger partial charge in [0.25, 0.3) is 0 Å². The van der Waals surface area contributed by atoms with E-state index < -0.39 is 54.0 Å². The zero-order chi connectivity index (χ0) is 32.6. The zero-order valence-corrected chi connectivity index (χ0v) is 26.2.